The predicted octanol–water partition coefficient (Wildman–Crippen LogP) is 3.50. The van der Waals surface area contributed by atoms with Gasteiger partial charge in [0, 0.05) is 50.7 Å². The third-order valence-electron chi connectivity index (χ3n) is 6.22. The van der Waals surface area contributed by atoms with Gasteiger partial charge in [0.05, 0.1) is 0 Å². The first-order valence-corrected chi connectivity index (χ1v) is 12.1. The van der Waals surface area contributed by atoms with Crippen molar-refractivity contribution in [1.29, 1.82) is 0 Å². The maximum Gasteiger partial charge on any atom is 0.490 e. The van der Waals surface area contributed by atoms with E-state index in [4.69, 9.17) is 19.8 Å². The summed E-state index contributed by atoms with van der Waals surface area (Å²) in [6.45, 7) is 3.84. The van der Waals surface area contributed by atoms with E-state index < -0.39 is 24.3 Å². The van der Waals surface area contributed by atoms with E-state index in [1.54, 1.807) is 0 Å². The Bertz CT molecular complexity index is 1340. The summed E-state index contributed by atoms with van der Waals surface area (Å²) in [4.78, 5) is 37.1. The maximum atomic E-state index is 12.7. The molecule has 0 aliphatic carbocycles. The number of carboxylic acid groups (broad SMARTS) is 2. The van der Waals surface area contributed by atoms with E-state index in [0.29, 0.717) is 17.7 Å². The number of carbonyl (C=O) groups is 3. The van der Waals surface area contributed by atoms with Crippen LogP contribution in [0, 0.1) is 11.8 Å². The molecule has 1 aromatic carbocycles. The maximum absolute atomic E-state index is 12.7. The Hall–Kier alpha value is -4.54. The number of halogens is 6. The van der Waals surface area contributed by atoms with Crippen LogP contribution in [0.2, 0.25) is 0 Å². The van der Waals surface area contributed by atoms with Gasteiger partial charge < -0.3 is 20.1 Å². The van der Waals surface area contributed by atoms with Crippen molar-refractivity contribution in [3.8, 4) is 0 Å². The lowest BCUT2D eigenvalue weighted by atomic mass is 9.89. The van der Waals surface area contributed by atoms with Crippen LogP contribution in [0.4, 0.5) is 32.0 Å². The molecule has 2 aromatic heterocycles. The molecule has 4 heterocycles. The number of aliphatic carboxylic acids is 2. The topological polar surface area (TPSA) is 151 Å². The van der Waals surface area contributed by atoms with Gasteiger partial charge in [0.25, 0.3) is 5.91 Å². The summed E-state index contributed by atoms with van der Waals surface area (Å²) < 4.78 is 65.5. The average molecular weight is 602 g/mol. The van der Waals surface area contributed by atoms with Crippen molar-refractivity contribution in [2.45, 2.75) is 31.9 Å². The number of pyridine rings is 1. The van der Waals surface area contributed by atoms with Crippen molar-refractivity contribution in [1.82, 2.24) is 24.6 Å². The van der Waals surface area contributed by atoms with Gasteiger partial charge in [0.15, 0.2) is 0 Å². The fraction of sp³-hybridized carbons (Fsp3) is 0.360. The molecular formula is C25H24F6N6O5. The highest BCUT2D eigenvalue weighted by Crippen LogP contribution is 2.33. The Kier molecular flexibility index (Phi) is 10.2. The second-order valence-electron chi connectivity index (χ2n) is 9.25. The zero-order valence-electron chi connectivity index (χ0n) is 21.5. The van der Waals surface area contributed by atoms with E-state index >= 15 is 0 Å². The molecule has 11 nitrogen and oxygen atoms in total. The van der Waals surface area contributed by atoms with Gasteiger partial charge in [-0.1, -0.05) is 18.2 Å². The zero-order chi connectivity index (χ0) is 31.1. The number of nitrogens with zero attached hydrogens (tertiary/aromatic N) is 5. The molecule has 226 valence electrons. The number of rotatable bonds is 4. The number of amides is 1. The number of hydrogen-bond donors (Lipinski definition) is 3. The summed E-state index contributed by atoms with van der Waals surface area (Å²) in [6, 6.07) is 13.6. The van der Waals surface area contributed by atoms with Crippen molar-refractivity contribution >= 4 is 23.5 Å². The summed E-state index contributed by atoms with van der Waals surface area (Å²) >= 11 is 0. The Balaban J connectivity index is 0.000000289. The number of fused-ring (bicyclic) bond motifs is 2. The summed E-state index contributed by atoms with van der Waals surface area (Å²) in [7, 11) is 0. The van der Waals surface area contributed by atoms with Crippen molar-refractivity contribution in [2.75, 3.05) is 18.4 Å². The molecule has 42 heavy (non-hydrogen) atoms. The summed E-state index contributed by atoms with van der Waals surface area (Å²) in [5.74, 6) is -3.29. The molecule has 2 aliphatic rings. The number of carbonyl (C=O) groups excluding carboxylic acids is 1. The van der Waals surface area contributed by atoms with Crippen LogP contribution in [0.1, 0.15) is 22.0 Å². The van der Waals surface area contributed by atoms with E-state index in [1.165, 1.54) is 5.56 Å². The zero-order valence-corrected chi connectivity index (χ0v) is 21.5. The van der Waals surface area contributed by atoms with Crippen LogP contribution >= 0.6 is 0 Å². The smallest absolute Gasteiger partial charge is 0.475 e. The molecule has 5 rings (SSSR count). The number of benzene rings is 1. The average Bonchev–Trinajstić information content (AvgIpc) is 3.50. The van der Waals surface area contributed by atoms with Gasteiger partial charge in [-0.05, 0) is 41.7 Å². The normalized spacial score (nSPS) is 17.9. The Labute approximate surface area is 233 Å². The number of carboxylic acids is 2. The number of para-hydroxylation sites is 1. The number of likely N-dealkylation sites (tertiary alicyclic amines) is 1. The van der Waals surface area contributed by atoms with E-state index in [-0.39, 0.29) is 5.91 Å². The van der Waals surface area contributed by atoms with Crippen molar-refractivity contribution in [3.63, 3.8) is 0 Å². The van der Waals surface area contributed by atoms with Gasteiger partial charge in [-0.25, -0.2) is 9.59 Å². The van der Waals surface area contributed by atoms with E-state index in [1.807, 2.05) is 47.3 Å². The second-order valence-corrected chi connectivity index (χ2v) is 9.25. The second kappa shape index (κ2) is 13.4. The van der Waals surface area contributed by atoms with Crippen LogP contribution in [-0.2, 0) is 29.1 Å². The fourth-order valence-corrected chi connectivity index (χ4v) is 4.37. The van der Waals surface area contributed by atoms with Gasteiger partial charge in [0.2, 0.25) is 5.82 Å². The quantitative estimate of drug-likeness (QED) is 0.382. The first-order valence-electron chi connectivity index (χ1n) is 12.1. The molecule has 17 heteroatoms. The van der Waals surface area contributed by atoms with Crippen LogP contribution in [-0.4, -0.2) is 78.1 Å². The first-order chi connectivity index (χ1) is 19.6. The first kappa shape index (κ1) is 32.0. The molecule has 0 bridgehead atoms. The minimum atomic E-state index is -5.08. The van der Waals surface area contributed by atoms with Gasteiger partial charge in [-0.2, -0.15) is 26.3 Å². The summed E-state index contributed by atoms with van der Waals surface area (Å²) in [5.41, 5.74) is 2.05. The third-order valence-corrected chi connectivity index (χ3v) is 6.22. The minimum Gasteiger partial charge on any atom is -0.475 e. The summed E-state index contributed by atoms with van der Waals surface area (Å²) in [6.07, 6.45) is -5.60. The molecular weight excluding hydrogens is 578 g/mol. The van der Waals surface area contributed by atoms with Crippen LogP contribution in [0.25, 0.3) is 0 Å². The minimum absolute atomic E-state index is 0.199. The van der Waals surface area contributed by atoms with Gasteiger partial charge in [0.1, 0.15) is 5.82 Å². The number of nitrogens with one attached hydrogen (secondary N) is 1. The lowest BCUT2D eigenvalue weighted by Gasteiger charge is -2.25. The Morgan fingerprint density at radius 1 is 0.833 bits per heavy atom. The highest BCUT2D eigenvalue weighted by molar-refractivity contribution is 6.01. The Morgan fingerprint density at radius 2 is 1.38 bits per heavy atom. The molecule has 0 radical (unpaired) electrons. The number of aromatic nitrogens is 4. The SMILES string of the molecule is O=C(Nc1ccccc1)c1nnc2n1CC1CN(Cc3ccncc3)CC1C2.O=C(O)C(F)(F)F.O=C(O)C(F)(F)F. The van der Waals surface area contributed by atoms with Crippen LogP contribution in [0.15, 0.2) is 54.9 Å². The van der Waals surface area contributed by atoms with Crippen molar-refractivity contribution in [2.24, 2.45) is 11.8 Å². The molecule has 3 aromatic rings. The van der Waals surface area contributed by atoms with Crippen molar-refractivity contribution < 1.29 is 50.9 Å². The van der Waals surface area contributed by atoms with Crippen molar-refractivity contribution in [3.05, 3.63) is 72.1 Å². The largest absolute Gasteiger partial charge is 0.490 e. The number of hydrogen-bond acceptors (Lipinski definition) is 7. The molecule has 3 N–H and O–H groups in total. The molecule has 0 saturated carbocycles. The van der Waals surface area contributed by atoms with Gasteiger partial charge in [-0.3, -0.25) is 14.7 Å². The monoisotopic (exact) mass is 602 g/mol. The van der Waals surface area contributed by atoms with E-state index in [0.717, 1.165) is 44.1 Å². The molecule has 0 spiro atoms. The predicted molar refractivity (Wildman–Crippen MR) is 132 cm³/mol. The highest BCUT2D eigenvalue weighted by Gasteiger charge is 2.40. The molecule has 1 fully saturated rings. The van der Waals surface area contributed by atoms with Gasteiger partial charge >= 0.3 is 24.3 Å². The van der Waals surface area contributed by atoms with Crippen LogP contribution in [0.5, 0.6) is 0 Å². The van der Waals surface area contributed by atoms with Crippen LogP contribution in [0.3, 0.4) is 0 Å². The Morgan fingerprint density at radius 3 is 1.93 bits per heavy atom. The summed E-state index contributed by atoms with van der Waals surface area (Å²) in [5, 5.41) is 25.7. The lowest BCUT2D eigenvalue weighted by molar-refractivity contribution is -0.193. The van der Waals surface area contributed by atoms with Gasteiger partial charge in [-0.15, -0.1) is 10.2 Å². The van der Waals surface area contributed by atoms with E-state index in [9.17, 15) is 31.1 Å². The lowest BCUT2D eigenvalue weighted by Crippen LogP contribution is -2.31. The highest BCUT2D eigenvalue weighted by atomic mass is 19.4. The molecule has 2 atom stereocenters. The molecule has 2 unspecified atom stereocenters. The van der Waals surface area contributed by atoms with Crippen LogP contribution < -0.4 is 5.32 Å². The van der Waals surface area contributed by atoms with E-state index in [2.05, 4.69) is 37.5 Å². The molecule has 1 amide bonds. The standard InChI is InChI=1S/C21H22N6O.2C2HF3O2/c28-21(23-18-4-2-1-3-5-18)20-25-24-19-10-16-12-26(13-17(16)14-27(19)20)11-15-6-8-22-9-7-15;2*3-2(4,5)1(6)7/h1-9,16-17H,10-14H2,(H,23,28);2*(H,6,7). The molecule has 1 saturated heterocycles. The third kappa shape index (κ3) is 8.98. The number of alkyl halides is 6. The fourth-order valence-electron chi connectivity index (χ4n) is 4.37. The number of anilines is 1. The molecule has 2 aliphatic heterocycles.